The van der Waals surface area contributed by atoms with Gasteiger partial charge in [0.1, 0.15) is 5.82 Å². The van der Waals surface area contributed by atoms with E-state index < -0.39 is 10.0 Å². The summed E-state index contributed by atoms with van der Waals surface area (Å²) in [6.45, 7) is 0. The normalized spacial score (nSPS) is 11.0. The molecule has 1 aromatic heterocycles. The van der Waals surface area contributed by atoms with E-state index in [9.17, 15) is 8.42 Å². The predicted molar refractivity (Wildman–Crippen MR) is 96.2 cm³/mol. The van der Waals surface area contributed by atoms with Crippen LogP contribution < -0.4 is 10.0 Å². The van der Waals surface area contributed by atoms with E-state index in [0.717, 1.165) is 5.69 Å². The maximum Gasteiger partial charge on any atom is 0.261 e. The standard InChI is InChI=1S/C17H14ClN3O2S/c18-13-6-8-14(9-7-13)20-17-11-10-15(12-19-17)21-24(22,23)16-4-2-1-3-5-16/h1-12,21H,(H,19,20). The third-order valence-corrected chi connectivity index (χ3v) is 4.84. The van der Waals surface area contributed by atoms with Crippen molar-refractivity contribution in [3.63, 3.8) is 0 Å². The molecular formula is C17H14ClN3O2S. The van der Waals surface area contributed by atoms with E-state index in [1.165, 1.54) is 18.3 Å². The van der Waals surface area contributed by atoms with Crippen LogP contribution in [0.3, 0.4) is 0 Å². The molecule has 7 heteroatoms. The molecule has 0 radical (unpaired) electrons. The van der Waals surface area contributed by atoms with Crippen LogP contribution in [-0.4, -0.2) is 13.4 Å². The number of hydrogen-bond donors (Lipinski definition) is 2. The summed E-state index contributed by atoms with van der Waals surface area (Å²) in [7, 11) is -3.61. The van der Waals surface area contributed by atoms with Crippen LogP contribution in [-0.2, 0) is 10.0 Å². The number of aromatic nitrogens is 1. The first-order valence-corrected chi connectivity index (χ1v) is 8.95. The Morgan fingerprint density at radius 2 is 1.50 bits per heavy atom. The van der Waals surface area contributed by atoms with Crippen molar-refractivity contribution in [2.24, 2.45) is 0 Å². The molecule has 0 spiro atoms. The molecule has 5 nitrogen and oxygen atoms in total. The summed E-state index contributed by atoms with van der Waals surface area (Å²) in [4.78, 5) is 4.41. The van der Waals surface area contributed by atoms with Gasteiger partial charge in [-0.05, 0) is 48.5 Å². The van der Waals surface area contributed by atoms with Gasteiger partial charge in [0.2, 0.25) is 0 Å². The Morgan fingerprint density at radius 3 is 2.12 bits per heavy atom. The van der Waals surface area contributed by atoms with E-state index in [0.29, 0.717) is 16.5 Å². The maximum absolute atomic E-state index is 12.2. The number of rotatable bonds is 5. The van der Waals surface area contributed by atoms with Gasteiger partial charge in [-0.3, -0.25) is 4.72 Å². The maximum atomic E-state index is 12.2. The van der Waals surface area contributed by atoms with Crippen LogP contribution in [0.2, 0.25) is 5.02 Å². The van der Waals surface area contributed by atoms with Crippen LogP contribution in [0.4, 0.5) is 17.2 Å². The monoisotopic (exact) mass is 359 g/mol. The fourth-order valence-corrected chi connectivity index (χ4v) is 3.21. The van der Waals surface area contributed by atoms with Crippen molar-refractivity contribution < 1.29 is 8.42 Å². The number of halogens is 1. The third kappa shape index (κ3) is 4.04. The molecule has 0 bridgehead atoms. The topological polar surface area (TPSA) is 71.1 Å². The van der Waals surface area contributed by atoms with Gasteiger partial charge in [-0.25, -0.2) is 13.4 Å². The Kier molecular flexibility index (Phi) is 4.69. The minimum absolute atomic E-state index is 0.202. The molecule has 0 aliphatic heterocycles. The van der Waals surface area contributed by atoms with E-state index >= 15 is 0 Å². The molecule has 0 saturated heterocycles. The van der Waals surface area contributed by atoms with E-state index in [2.05, 4.69) is 15.0 Å². The molecule has 3 aromatic rings. The van der Waals surface area contributed by atoms with Gasteiger partial charge in [0, 0.05) is 10.7 Å². The van der Waals surface area contributed by atoms with Crippen molar-refractivity contribution in [1.82, 2.24) is 4.98 Å². The lowest BCUT2D eigenvalue weighted by Gasteiger charge is -2.09. The fourth-order valence-electron chi connectivity index (χ4n) is 2.02. The second kappa shape index (κ2) is 6.90. The zero-order valence-electron chi connectivity index (χ0n) is 12.5. The fraction of sp³-hybridized carbons (Fsp3) is 0. The van der Waals surface area contributed by atoms with Crippen molar-refractivity contribution in [3.05, 3.63) is 77.9 Å². The van der Waals surface area contributed by atoms with Crippen LogP contribution in [0.25, 0.3) is 0 Å². The highest BCUT2D eigenvalue weighted by Crippen LogP contribution is 2.20. The largest absolute Gasteiger partial charge is 0.340 e. The SMILES string of the molecule is O=S(=O)(Nc1ccc(Nc2ccc(Cl)cc2)nc1)c1ccccc1. The Hall–Kier alpha value is -2.57. The van der Waals surface area contributed by atoms with Crippen LogP contribution >= 0.6 is 11.6 Å². The van der Waals surface area contributed by atoms with Gasteiger partial charge in [0.05, 0.1) is 16.8 Å². The summed E-state index contributed by atoms with van der Waals surface area (Å²) in [6.07, 6.45) is 1.46. The Bertz CT molecular complexity index is 912. The van der Waals surface area contributed by atoms with Crippen LogP contribution in [0.15, 0.2) is 77.8 Å². The van der Waals surface area contributed by atoms with E-state index in [1.54, 1.807) is 42.5 Å². The lowest BCUT2D eigenvalue weighted by molar-refractivity contribution is 0.601. The number of anilines is 3. The average Bonchev–Trinajstić information content (AvgIpc) is 2.59. The second-order valence-electron chi connectivity index (χ2n) is 4.98. The zero-order chi connectivity index (χ0) is 17.0. The second-order valence-corrected chi connectivity index (χ2v) is 7.10. The van der Waals surface area contributed by atoms with Gasteiger partial charge in [-0.2, -0.15) is 0 Å². The Balaban J connectivity index is 1.72. The Morgan fingerprint density at radius 1 is 0.833 bits per heavy atom. The van der Waals surface area contributed by atoms with Gasteiger partial charge >= 0.3 is 0 Å². The summed E-state index contributed by atoms with van der Waals surface area (Å²) in [5.41, 5.74) is 1.23. The van der Waals surface area contributed by atoms with Crippen molar-refractivity contribution in [2.75, 3.05) is 10.0 Å². The molecule has 122 valence electrons. The summed E-state index contributed by atoms with van der Waals surface area (Å²) in [5, 5.41) is 3.76. The summed E-state index contributed by atoms with van der Waals surface area (Å²) < 4.78 is 27.0. The Labute approximate surface area is 145 Å². The first-order chi connectivity index (χ1) is 11.5. The molecule has 0 saturated carbocycles. The number of pyridine rings is 1. The molecule has 0 amide bonds. The molecule has 2 aromatic carbocycles. The van der Waals surface area contributed by atoms with E-state index in [1.807, 2.05) is 12.1 Å². The van der Waals surface area contributed by atoms with Crippen molar-refractivity contribution in [1.29, 1.82) is 0 Å². The van der Waals surface area contributed by atoms with E-state index in [-0.39, 0.29) is 4.90 Å². The molecule has 2 N–H and O–H groups in total. The third-order valence-electron chi connectivity index (χ3n) is 3.19. The molecule has 0 unspecified atom stereocenters. The summed E-state index contributed by atoms with van der Waals surface area (Å²) >= 11 is 5.84. The number of nitrogens with one attached hydrogen (secondary N) is 2. The van der Waals surface area contributed by atoms with Crippen molar-refractivity contribution in [3.8, 4) is 0 Å². The molecule has 3 rings (SSSR count). The number of sulfonamides is 1. The van der Waals surface area contributed by atoms with Gasteiger partial charge in [0.15, 0.2) is 0 Å². The van der Waals surface area contributed by atoms with E-state index in [4.69, 9.17) is 11.6 Å². The van der Waals surface area contributed by atoms with Gasteiger partial charge in [-0.1, -0.05) is 29.8 Å². The highest BCUT2D eigenvalue weighted by molar-refractivity contribution is 7.92. The van der Waals surface area contributed by atoms with Crippen LogP contribution in [0.5, 0.6) is 0 Å². The number of nitrogens with zero attached hydrogens (tertiary/aromatic N) is 1. The molecular weight excluding hydrogens is 346 g/mol. The first-order valence-electron chi connectivity index (χ1n) is 7.09. The lowest BCUT2D eigenvalue weighted by atomic mass is 10.3. The van der Waals surface area contributed by atoms with Crippen molar-refractivity contribution >= 4 is 38.8 Å². The molecule has 24 heavy (non-hydrogen) atoms. The predicted octanol–water partition coefficient (Wildman–Crippen LogP) is 4.28. The number of benzene rings is 2. The number of hydrogen-bond acceptors (Lipinski definition) is 4. The quantitative estimate of drug-likeness (QED) is 0.713. The molecule has 1 heterocycles. The molecule has 0 aliphatic rings. The minimum atomic E-state index is -3.61. The smallest absolute Gasteiger partial charge is 0.261 e. The first kappa shape index (κ1) is 16.3. The van der Waals surface area contributed by atoms with Gasteiger partial charge in [0.25, 0.3) is 10.0 Å². The van der Waals surface area contributed by atoms with Crippen LogP contribution in [0.1, 0.15) is 0 Å². The molecule has 0 fully saturated rings. The highest BCUT2D eigenvalue weighted by atomic mass is 35.5. The minimum Gasteiger partial charge on any atom is -0.340 e. The van der Waals surface area contributed by atoms with Crippen LogP contribution in [0, 0.1) is 0 Å². The van der Waals surface area contributed by atoms with Gasteiger partial charge in [-0.15, -0.1) is 0 Å². The highest BCUT2D eigenvalue weighted by Gasteiger charge is 2.13. The molecule has 0 atom stereocenters. The summed E-state index contributed by atoms with van der Waals surface area (Å²) in [6, 6.07) is 18.7. The zero-order valence-corrected chi connectivity index (χ0v) is 14.1. The van der Waals surface area contributed by atoms with Gasteiger partial charge < -0.3 is 5.32 Å². The lowest BCUT2D eigenvalue weighted by Crippen LogP contribution is -2.13. The summed E-state index contributed by atoms with van der Waals surface area (Å²) in [5.74, 6) is 0.597. The molecule has 0 aliphatic carbocycles. The average molecular weight is 360 g/mol. The van der Waals surface area contributed by atoms with Crippen molar-refractivity contribution in [2.45, 2.75) is 4.90 Å².